The van der Waals surface area contributed by atoms with Crippen LogP contribution in [0.4, 0.5) is 11.4 Å². The molecule has 31 heavy (non-hydrogen) atoms. The number of Topliss-reactive ketones (excluding diaryl/α,β-unsaturated/α-hetero) is 1. The second kappa shape index (κ2) is 8.36. The van der Waals surface area contributed by atoms with E-state index in [1.165, 1.54) is 11.3 Å². The highest BCUT2D eigenvalue weighted by molar-refractivity contribution is 6.00. The molecule has 2 aliphatic rings. The van der Waals surface area contributed by atoms with Crippen molar-refractivity contribution in [1.82, 2.24) is 10.3 Å². The zero-order valence-corrected chi connectivity index (χ0v) is 17.5. The van der Waals surface area contributed by atoms with Crippen LogP contribution >= 0.6 is 0 Å². The molecule has 5 nitrogen and oxygen atoms in total. The van der Waals surface area contributed by atoms with Gasteiger partial charge in [0.15, 0.2) is 5.78 Å². The number of ketones is 1. The fraction of sp³-hybridized carbons (Fsp3) is 0.231. The van der Waals surface area contributed by atoms with Crippen LogP contribution in [0.2, 0.25) is 0 Å². The summed E-state index contributed by atoms with van der Waals surface area (Å²) in [6.07, 6.45) is 9.27. The van der Waals surface area contributed by atoms with Crippen LogP contribution in [0.1, 0.15) is 28.0 Å². The molecule has 0 bridgehead atoms. The summed E-state index contributed by atoms with van der Waals surface area (Å²) >= 11 is 0. The maximum Gasteiger partial charge on any atom is 0.185 e. The summed E-state index contributed by atoms with van der Waals surface area (Å²) in [6, 6.07) is 14.2. The van der Waals surface area contributed by atoms with Crippen molar-refractivity contribution < 1.29 is 4.79 Å². The average Bonchev–Trinajstić information content (AvgIpc) is 3.35. The molecule has 0 amide bonds. The van der Waals surface area contributed by atoms with E-state index in [1.807, 2.05) is 30.5 Å². The lowest BCUT2D eigenvalue weighted by Crippen LogP contribution is -2.43. The number of carbonyl (C=O) groups is 1. The third-order valence-electron chi connectivity index (χ3n) is 6.11. The number of piperazine rings is 1. The number of hydrogen-bond acceptors (Lipinski definition) is 5. The molecule has 2 aromatic carbocycles. The molecule has 0 unspecified atom stereocenters. The highest BCUT2D eigenvalue weighted by Gasteiger charge is 2.15. The summed E-state index contributed by atoms with van der Waals surface area (Å²) in [4.78, 5) is 19.8. The van der Waals surface area contributed by atoms with Crippen molar-refractivity contribution in [3.63, 3.8) is 0 Å². The minimum atomic E-state index is -0.0181. The van der Waals surface area contributed by atoms with Crippen molar-refractivity contribution in [3.8, 4) is 0 Å². The first-order valence-corrected chi connectivity index (χ1v) is 10.8. The van der Waals surface area contributed by atoms with Gasteiger partial charge in [0.1, 0.15) is 5.69 Å². The summed E-state index contributed by atoms with van der Waals surface area (Å²) in [5, 5.41) is 5.46. The van der Waals surface area contributed by atoms with Crippen LogP contribution in [0, 0.1) is 0 Å². The Hall–Kier alpha value is -3.44. The summed E-state index contributed by atoms with van der Waals surface area (Å²) in [5.41, 5.74) is 11.7. The largest absolute Gasteiger partial charge is 0.398 e. The van der Waals surface area contributed by atoms with Crippen molar-refractivity contribution in [2.24, 2.45) is 0 Å². The van der Waals surface area contributed by atoms with Gasteiger partial charge in [-0.1, -0.05) is 30.4 Å². The number of pyridine rings is 1. The molecule has 1 aliphatic carbocycles. The first kappa shape index (κ1) is 19.5. The fourth-order valence-electron chi connectivity index (χ4n) is 4.28. The topological polar surface area (TPSA) is 71.2 Å². The molecule has 1 aromatic heterocycles. The summed E-state index contributed by atoms with van der Waals surface area (Å²) in [7, 11) is 0. The van der Waals surface area contributed by atoms with Crippen molar-refractivity contribution in [1.29, 1.82) is 0 Å². The summed E-state index contributed by atoms with van der Waals surface area (Å²) in [5.74, 6) is -0.0181. The number of nitrogens with one attached hydrogen (secondary N) is 1. The van der Waals surface area contributed by atoms with Crippen LogP contribution < -0.4 is 16.0 Å². The summed E-state index contributed by atoms with van der Waals surface area (Å²) in [6.45, 7) is 4.01. The lowest BCUT2D eigenvalue weighted by Gasteiger charge is -2.29. The molecule has 3 aromatic rings. The molecule has 2 heterocycles. The molecule has 0 atom stereocenters. The molecular weight excluding hydrogens is 384 g/mol. The Labute approximate surface area is 182 Å². The predicted molar refractivity (Wildman–Crippen MR) is 127 cm³/mol. The van der Waals surface area contributed by atoms with Gasteiger partial charge in [-0.15, -0.1) is 0 Å². The van der Waals surface area contributed by atoms with E-state index in [0.29, 0.717) is 11.4 Å². The quantitative estimate of drug-likeness (QED) is 0.492. The van der Waals surface area contributed by atoms with Crippen LogP contribution in [0.5, 0.6) is 0 Å². The Morgan fingerprint density at radius 2 is 1.94 bits per heavy atom. The Morgan fingerprint density at radius 1 is 1.06 bits per heavy atom. The van der Waals surface area contributed by atoms with Gasteiger partial charge < -0.3 is 16.0 Å². The first-order valence-electron chi connectivity index (χ1n) is 10.8. The van der Waals surface area contributed by atoms with Gasteiger partial charge in [0.2, 0.25) is 0 Å². The van der Waals surface area contributed by atoms with Crippen LogP contribution in [-0.4, -0.2) is 36.9 Å². The van der Waals surface area contributed by atoms with E-state index >= 15 is 0 Å². The average molecular weight is 411 g/mol. The third-order valence-corrected chi connectivity index (χ3v) is 6.11. The number of allylic oxidation sites excluding steroid dienone is 4. The minimum absolute atomic E-state index is 0.0181. The molecule has 1 saturated heterocycles. The van der Waals surface area contributed by atoms with Gasteiger partial charge in [-0.2, -0.15) is 0 Å². The van der Waals surface area contributed by atoms with Gasteiger partial charge in [0.25, 0.3) is 0 Å². The van der Waals surface area contributed by atoms with Crippen molar-refractivity contribution in [3.05, 3.63) is 83.7 Å². The molecule has 3 N–H and O–H groups in total. The predicted octanol–water partition coefficient (Wildman–Crippen LogP) is 4.00. The van der Waals surface area contributed by atoms with Gasteiger partial charge in [-0.25, -0.2) is 0 Å². The second-order valence-corrected chi connectivity index (χ2v) is 8.18. The lowest BCUT2D eigenvalue weighted by atomic mass is 9.97. The minimum Gasteiger partial charge on any atom is -0.398 e. The molecule has 0 saturated carbocycles. The van der Waals surface area contributed by atoms with Gasteiger partial charge in [-0.05, 0) is 58.8 Å². The Kier molecular flexibility index (Phi) is 5.26. The maximum absolute atomic E-state index is 13.0. The number of fused-ring (bicyclic) bond motifs is 1. The monoisotopic (exact) mass is 410 g/mol. The van der Waals surface area contributed by atoms with Gasteiger partial charge in [-0.3, -0.25) is 9.78 Å². The number of aromatic nitrogens is 1. The van der Waals surface area contributed by atoms with Crippen LogP contribution in [0.3, 0.4) is 0 Å². The highest BCUT2D eigenvalue weighted by atomic mass is 16.1. The number of hydrogen-bond donors (Lipinski definition) is 2. The Balaban J connectivity index is 1.36. The van der Waals surface area contributed by atoms with E-state index in [-0.39, 0.29) is 12.2 Å². The van der Waals surface area contributed by atoms with E-state index in [1.54, 1.807) is 0 Å². The zero-order valence-electron chi connectivity index (χ0n) is 17.5. The van der Waals surface area contributed by atoms with E-state index < -0.39 is 0 Å². The molecule has 5 rings (SSSR count). The highest BCUT2D eigenvalue weighted by Crippen LogP contribution is 2.27. The van der Waals surface area contributed by atoms with E-state index in [2.05, 4.69) is 51.6 Å². The number of nitrogen functional groups attached to an aromatic ring is 1. The lowest BCUT2D eigenvalue weighted by molar-refractivity contribution is 0.0988. The van der Waals surface area contributed by atoms with Crippen molar-refractivity contribution in [2.45, 2.75) is 12.8 Å². The smallest absolute Gasteiger partial charge is 0.185 e. The number of carbonyl (C=O) groups excluding carboxylic acids is 1. The SMILES string of the molecule is Nc1ccc(C2=CC=CC2)cc1CC(=O)c1cc2ccc(N3CCNCC3)cc2cn1. The third kappa shape index (κ3) is 4.09. The zero-order chi connectivity index (χ0) is 21.2. The number of nitrogens with two attached hydrogens (primary N) is 1. The normalized spacial score (nSPS) is 16.0. The molecule has 1 aliphatic heterocycles. The molecule has 1 fully saturated rings. The number of rotatable bonds is 5. The van der Waals surface area contributed by atoms with E-state index in [9.17, 15) is 4.79 Å². The summed E-state index contributed by atoms with van der Waals surface area (Å²) < 4.78 is 0. The van der Waals surface area contributed by atoms with Crippen molar-refractivity contribution in [2.75, 3.05) is 36.8 Å². The van der Waals surface area contributed by atoms with Gasteiger partial charge >= 0.3 is 0 Å². The van der Waals surface area contributed by atoms with Gasteiger partial charge in [0, 0.05) is 55.6 Å². The molecular formula is C26H26N4O. The maximum atomic E-state index is 13.0. The van der Waals surface area contributed by atoms with Crippen LogP contribution in [-0.2, 0) is 6.42 Å². The van der Waals surface area contributed by atoms with Crippen LogP contribution in [0.25, 0.3) is 16.3 Å². The first-order chi connectivity index (χ1) is 15.2. The number of nitrogens with zero attached hydrogens (tertiary/aromatic N) is 2. The molecule has 0 spiro atoms. The number of benzene rings is 2. The number of anilines is 2. The fourth-order valence-corrected chi connectivity index (χ4v) is 4.28. The molecule has 0 radical (unpaired) electrons. The standard InChI is InChI=1S/C26H26N4O/c27-24-8-6-19(18-3-1-2-4-18)13-21(24)16-26(31)25-15-20-5-7-23(14-22(20)17-29-25)30-11-9-28-10-12-30/h1-3,5-8,13-15,17,28H,4,9-12,16,27H2. The van der Waals surface area contributed by atoms with Gasteiger partial charge in [0.05, 0.1) is 0 Å². The second-order valence-electron chi connectivity index (χ2n) is 8.18. The van der Waals surface area contributed by atoms with Crippen molar-refractivity contribution >= 4 is 33.5 Å². The molecule has 5 heteroatoms. The van der Waals surface area contributed by atoms with E-state index in [0.717, 1.165) is 54.5 Å². The molecule has 156 valence electrons. The van der Waals surface area contributed by atoms with Crippen LogP contribution in [0.15, 0.2) is 66.9 Å². The van der Waals surface area contributed by atoms with E-state index in [4.69, 9.17) is 5.73 Å². The Morgan fingerprint density at radius 3 is 2.74 bits per heavy atom. The Bertz CT molecular complexity index is 1210.